The summed E-state index contributed by atoms with van der Waals surface area (Å²) in [6.45, 7) is 4.96. The number of amides is 1. The maximum Gasteiger partial charge on any atom is 0.222 e. The molecule has 0 aromatic heterocycles. The fourth-order valence-corrected chi connectivity index (χ4v) is 7.19. The van der Waals surface area contributed by atoms with Crippen molar-refractivity contribution >= 4 is 5.91 Å². The first-order valence-electron chi connectivity index (χ1n) is 9.39. The van der Waals surface area contributed by atoms with Gasteiger partial charge in [-0.15, -0.1) is 0 Å². The van der Waals surface area contributed by atoms with E-state index in [9.17, 15) is 4.79 Å². The molecule has 4 rings (SSSR count). The van der Waals surface area contributed by atoms with Crippen LogP contribution in [-0.2, 0) is 4.79 Å². The summed E-state index contributed by atoms with van der Waals surface area (Å²) < 4.78 is 0. The van der Waals surface area contributed by atoms with E-state index < -0.39 is 0 Å². The van der Waals surface area contributed by atoms with Crippen LogP contribution in [0.4, 0.5) is 0 Å². The zero-order valence-electron chi connectivity index (χ0n) is 14.5. The van der Waals surface area contributed by atoms with Crippen molar-refractivity contribution in [3.05, 3.63) is 0 Å². The van der Waals surface area contributed by atoms with Crippen molar-refractivity contribution in [2.24, 2.45) is 34.3 Å². The van der Waals surface area contributed by atoms with Crippen LogP contribution in [0.5, 0.6) is 0 Å². The standard InChI is InChI=1S/C19H32N2O/c1-18-10-8-14-12(13(18)5-6-15(18)20)4-7-16-19(14,2)11-9-17(22)21(16)3/h12-16H,4-11,20H2,1-3H3/t12-,13-,14+,15?,16?,18-,19+/m0/s1. The smallest absolute Gasteiger partial charge is 0.222 e. The van der Waals surface area contributed by atoms with Crippen LogP contribution < -0.4 is 5.73 Å². The van der Waals surface area contributed by atoms with Gasteiger partial charge in [-0.1, -0.05) is 13.8 Å². The zero-order valence-corrected chi connectivity index (χ0v) is 14.5. The van der Waals surface area contributed by atoms with Gasteiger partial charge in [-0.2, -0.15) is 0 Å². The van der Waals surface area contributed by atoms with Gasteiger partial charge in [0.25, 0.3) is 0 Å². The Morgan fingerprint density at radius 2 is 1.73 bits per heavy atom. The van der Waals surface area contributed by atoms with Gasteiger partial charge in [-0.3, -0.25) is 4.79 Å². The van der Waals surface area contributed by atoms with Crippen LogP contribution in [0.1, 0.15) is 65.2 Å². The van der Waals surface area contributed by atoms with E-state index in [2.05, 4.69) is 18.7 Å². The van der Waals surface area contributed by atoms with Crippen LogP contribution in [-0.4, -0.2) is 29.9 Å². The SMILES string of the molecule is CN1C(=O)CC[C@@]2(C)C1CC[C@@H]1[C@H]2CC[C@]2(C)C(N)CC[C@@H]12. The second-order valence-corrected chi connectivity index (χ2v) is 9.21. The first-order valence-corrected chi connectivity index (χ1v) is 9.39. The third-order valence-corrected chi connectivity index (χ3v) is 8.63. The lowest BCUT2D eigenvalue weighted by Gasteiger charge is -2.61. The fraction of sp³-hybridized carbons (Fsp3) is 0.947. The molecule has 4 fully saturated rings. The summed E-state index contributed by atoms with van der Waals surface area (Å²) in [6.07, 6.45) is 9.60. The Hall–Kier alpha value is -0.570. The van der Waals surface area contributed by atoms with Crippen molar-refractivity contribution < 1.29 is 4.79 Å². The summed E-state index contributed by atoms with van der Waals surface area (Å²) in [5.41, 5.74) is 7.23. The summed E-state index contributed by atoms with van der Waals surface area (Å²) in [7, 11) is 2.04. The minimum Gasteiger partial charge on any atom is -0.342 e. The molecule has 22 heavy (non-hydrogen) atoms. The summed E-state index contributed by atoms with van der Waals surface area (Å²) in [6, 6.07) is 0.897. The van der Waals surface area contributed by atoms with Crippen LogP contribution in [0, 0.1) is 28.6 Å². The summed E-state index contributed by atoms with van der Waals surface area (Å²) in [4.78, 5) is 14.2. The molecule has 2 unspecified atom stereocenters. The number of piperidine rings is 1. The number of carbonyl (C=O) groups is 1. The molecule has 1 amide bonds. The third-order valence-electron chi connectivity index (χ3n) is 8.63. The molecule has 4 aliphatic rings. The molecule has 1 saturated heterocycles. The molecule has 124 valence electrons. The van der Waals surface area contributed by atoms with Crippen molar-refractivity contribution in [1.82, 2.24) is 4.90 Å². The quantitative estimate of drug-likeness (QED) is 0.747. The molecule has 7 atom stereocenters. The van der Waals surface area contributed by atoms with Crippen molar-refractivity contribution in [1.29, 1.82) is 0 Å². The normalized spacial score (nSPS) is 54.6. The summed E-state index contributed by atoms with van der Waals surface area (Å²) >= 11 is 0. The van der Waals surface area contributed by atoms with Gasteiger partial charge in [0.15, 0.2) is 0 Å². The Morgan fingerprint density at radius 1 is 1.00 bits per heavy atom. The van der Waals surface area contributed by atoms with Gasteiger partial charge in [0.2, 0.25) is 5.91 Å². The first kappa shape index (κ1) is 15.0. The maximum absolute atomic E-state index is 12.1. The van der Waals surface area contributed by atoms with E-state index in [-0.39, 0.29) is 0 Å². The van der Waals surface area contributed by atoms with E-state index >= 15 is 0 Å². The highest BCUT2D eigenvalue weighted by Gasteiger charge is 2.60. The molecule has 0 bridgehead atoms. The number of nitrogens with zero attached hydrogens (tertiary/aromatic N) is 1. The number of hydrogen-bond donors (Lipinski definition) is 1. The van der Waals surface area contributed by atoms with Crippen LogP contribution >= 0.6 is 0 Å². The Bertz CT molecular complexity index is 492. The fourth-order valence-electron chi connectivity index (χ4n) is 7.19. The van der Waals surface area contributed by atoms with E-state index in [1.54, 1.807) is 0 Å². The van der Waals surface area contributed by atoms with E-state index in [4.69, 9.17) is 5.73 Å². The van der Waals surface area contributed by atoms with Gasteiger partial charge in [-0.05, 0) is 73.5 Å². The van der Waals surface area contributed by atoms with Gasteiger partial charge in [0.1, 0.15) is 0 Å². The first-order chi connectivity index (χ1) is 10.4. The number of hydrogen-bond acceptors (Lipinski definition) is 2. The minimum absolute atomic E-state index is 0.347. The lowest BCUT2D eigenvalue weighted by Crippen LogP contribution is -2.61. The van der Waals surface area contributed by atoms with Crippen LogP contribution in [0.25, 0.3) is 0 Å². The molecule has 2 N–H and O–H groups in total. The van der Waals surface area contributed by atoms with Crippen LogP contribution in [0.3, 0.4) is 0 Å². The molecule has 3 heteroatoms. The monoisotopic (exact) mass is 304 g/mol. The molecule has 0 aromatic carbocycles. The molecular weight excluding hydrogens is 272 g/mol. The Labute approximate surface area is 135 Å². The third kappa shape index (κ3) is 1.75. The predicted octanol–water partition coefficient (Wildman–Crippen LogP) is 3.18. The average molecular weight is 304 g/mol. The second-order valence-electron chi connectivity index (χ2n) is 9.21. The molecular formula is C19H32N2O. The molecule has 0 radical (unpaired) electrons. The van der Waals surface area contributed by atoms with Gasteiger partial charge in [0.05, 0.1) is 0 Å². The van der Waals surface area contributed by atoms with Crippen molar-refractivity contribution in [2.75, 3.05) is 7.05 Å². The molecule has 1 aliphatic heterocycles. The number of nitrogens with two attached hydrogens (primary N) is 1. The van der Waals surface area contributed by atoms with E-state index in [1.165, 1.54) is 38.5 Å². The van der Waals surface area contributed by atoms with Gasteiger partial charge >= 0.3 is 0 Å². The molecule has 3 aliphatic carbocycles. The highest BCUT2D eigenvalue weighted by atomic mass is 16.2. The highest BCUT2D eigenvalue weighted by molar-refractivity contribution is 5.77. The van der Waals surface area contributed by atoms with Crippen molar-refractivity contribution in [2.45, 2.75) is 77.3 Å². The highest BCUT2D eigenvalue weighted by Crippen LogP contribution is 2.64. The van der Waals surface area contributed by atoms with Gasteiger partial charge in [-0.25, -0.2) is 0 Å². The van der Waals surface area contributed by atoms with Gasteiger partial charge in [0, 0.05) is 25.6 Å². The van der Waals surface area contributed by atoms with Crippen molar-refractivity contribution in [3.63, 3.8) is 0 Å². The molecule has 3 nitrogen and oxygen atoms in total. The lowest BCUT2D eigenvalue weighted by molar-refractivity contribution is -0.157. The topological polar surface area (TPSA) is 46.3 Å². The Balaban J connectivity index is 1.65. The number of fused-ring (bicyclic) bond motifs is 5. The minimum atomic E-state index is 0.347. The number of rotatable bonds is 0. The largest absolute Gasteiger partial charge is 0.342 e. The van der Waals surface area contributed by atoms with Crippen molar-refractivity contribution in [3.8, 4) is 0 Å². The Kier molecular flexibility index (Phi) is 3.21. The second kappa shape index (κ2) is 4.72. The summed E-state index contributed by atoms with van der Waals surface area (Å²) in [5, 5.41) is 0. The zero-order chi connectivity index (χ0) is 15.7. The van der Waals surface area contributed by atoms with E-state index in [1.807, 2.05) is 7.05 Å². The average Bonchev–Trinajstić information content (AvgIpc) is 2.79. The molecule has 1 heterocycles. The molecule has 0 spiro atoms. The summed E-state index contributed by atoms with van der Waals surface area (Å²) in [5.74, 6) is 2.87. The van der Waals surface area contributed by atoms with Crippen LogP contribution in [0.2, 0.25) is 0 Å². The molecule has 0 aromatic rings. The van der Waals surface area contributed by atoms with Gasteiger partial charge < -0.3 is 10.6 Å². The lowest BCUT2D eigenvalue weighted by atomic mass is 9.47. The van der Waals surface area contributed by atoms with E-state index in [0.29, 0.717) is 28.8 Å². The van der Waals surface area contributed by atoms with Crippen LogP contribution in [0.15, 0.2) is 0 Å². The maximum atomic E-state index is 12.1. The predicted molar refractivity (Wildman–Crippen MR) is 88.2 cm³/mol. The van der Waals surface area contributed by atoms with E-state index in [0.717, 1.165) is 30.6 Å². The number of carbonyl (C=O) groups excluding carboxylic acids is 1. The Morgan fingerprint density at radius 3 is 2.50 bits per heavy atom. The number of likely N-dealkylation sites (tertiary alicyclic amines) is 1. The molecule has 3 saturated carbocycles.